The van der Waals surface area contributed by atoms with Gasteiger partial charge >= 0.3 is 12.3 Å². The topological polar surface area (TPSA) is 60.5 Å². The fourth-order valence-electron chi connectivity index (χ4n) is 1.36. The van der Waals surface area contributed by atoms with Crippen LogP contribution in [0.4, 0.5) is 23.1 Å². The van der Waals surface area contributed by atoms with Crippen LogP contribution < -0.4 is 10.1 Å². The minimum Gasteiger partial charge on any atom is -0.497 e. The molecule has 1 heterocycles. The zero-order valence-electron chi connectivity index (χ0n) is 10.2. The van der Waals surface area contributed by atoms with Crippen molar-refractivity contribution >= 4 is 32.8 Å². The predicted molar refractivity (Wildman–Crippen MR) is 67.2 cm³/mol. The van der Waals surface area contributed by atoms with Crippen molar-refractivity contribution in [3.63, 3.8) is 0 Å². The number of benzene rings is 1. The number of rotatable bonds is 3. The summed E-state index contributed by atoms with van der Waals surface area (Å²) in [4.78, 5) is 15.2. The molecule has 0 aliphatic carbocycles. The second kappa shape index (κ2) is 5.53. The van der Waals surface area contributed by atoms with Crippen molar-refractivity contribution in [3.8, 4) is 5.75 Å². The molecule has 1 aromatic heterocycles. The van der Waals surface area contributed by atoms with E-state index in [9.17, 15) is 18.0 Å². The molecule has 20 heavy (non-hydrogen) atoms. The SMILES string of the molecule is COc1ccc2nc(NC(=O)OCC(F)(F)F)sc2c1. The number of thiazole rings is 1. The van der Waals surface area contributed by atoms with Crippen LogP contribution in [-0.4, -0.2) is 31.0 Å². The minimum atomic E-state index is -4.56. The van der Waals surface area contributed by atoms with E-state index in [2.05, 4.69) is 15.0 Å². The molecular formula is C11H9F3N2O3S. The van der Waals surface area contributed by atoms with Crippen LogP contribution in [0.5, 0.6) is 5.75 Å². The van der Waals surface area contributed by atoms with Gasteiger partial charge in [-0.2, -0.15) is 13.2 Å². The van der Waals surface area contributed by atoms with Crippen molar-refractivity contribution in [2.24, 2.45) is 0 Å². The van der Waals surface area contributed by atoms with E-state index in [-0.39, 0.29) is 5.13 Å². The molecule has 0 fully saturated rings. The van der Waals surface area contributed by atoms with Crippen LogP contribution in [0, 0.1) is 0 Å². The summed E-state index contributed by atoms with van der Waals surface area (Å²) in [7, 11) is 1.51. The van der Waals surface area contributed by atoms with Gasteiger partial charge in [0, 0.05) is 0 Å². The number of hydrogen-bond donors (Lipinski definition) is 1. The third kappa shape index (κ3) is 3.73. The average Bonchev–Trinajstić information content (AvgIpc) is 2.76. The van der Waals surface area contributed by atoms with Crippen molar-refractivity contribution in [2.75, 3.05) is 19.0 Å². The van der Waals surface area contributed by atoms with E-state index in [1.807, 2.05) is 0 Å². The first-order chi connectivity index (χ1) is 9.37. The number of anilines is 1. The van der Waals surface area contributed by atoms with Gasteiger partial charge in [0.1, 0.15) is 5.75 Å². The highest BCUT2D eigenvalue weighted by Crippen LogP contribution is 2.29. The van der Waals surface area contributed by atoms with Crippen molar-refractivity contribution in [1.29, 1.82) is 0 Å². The fraction of sp³-hybridized carbons (Fsp3) is 0.273. The predicted octanol–water partition coefficient (Wildman–Crippen LogP) is 3.42. The Labute approximate surface area is 115 Å². The van der Waals surface area contributed by atoms with Gasteiger partial charge in [-0.15, -0.1) is 0 Å². The van der Waals surface area contributed by atoms with Gasteiger partial charge in [0.2, 0.25) is 0 Å². The number of ether oxygens (including phenoxy) is 2. The van der Waals surface area contributed by atoms with Crippen LogP contribution in [0.1, 0.15) is 0 Å². The number of halogens is 3. The maximum Gasteiger partial charge on any atom is 0.422 e. The summed E-state index contributed by atoms with van der Waals surface area (Å²) in [6, 6.07) is 5.07. The molecule has 0 saturated carbocycles. The number of hydrogen-bond acceptors (Lipinski definition) is 5. The molecular weight excluding hydrogens is 297 g/mol. The lowest BCUT2D eigenvalue weighted by atomic mass is 10.3. The van der Waals surface area contributed by atoms with Crippen LogP contribution >= 0.6 is 11.3 Å². The maximum absolute atomic E-state index is 11.9. The molecule has 0 saturated heterocycles. The zero-order chi connectivity index (χ0) is 14.8. The van der Waals surface area contributed by atoms with E-state index in [1.54, 1.807) is 18.2 Å². The van der Waals surface area contributed by atoms with Gasteiger partial charge in [-0.05, 0) is 18.2 Å². The largest absolute Gasteiger partial charge is 0.497 e. The van der Waals surface area contributed by atoms with Gasteiger partial charge in [-0.1, -0.05) is 11.3 Å². The Morgan fingerprint density at radius 2 is 2.20 bits per heavy atom. The molecule has 2 rings (SSSR count). The molecule has 0 aliphatic rings. The molecule has 1 aromatic carbocycles. The monoisotopic (exact) mass is 306 g/mol. The number of nitrogens with one attached hydrogen (secondary N) is 1. The summed E-state index contributed by atoms with van der Waals surface area (Å²) < 4.78 is 45.4. The molecule has 1 N–H and O–H groups in total. The number of nitrogens with zero attached hydrogens (tertiary/aromatic N) is 1. The van der Waals surface area contributed by atoms with Crippen LogP contribution in [-0.2, 0) is 4.74 Å². The third-order valence-electron chi connectivity index (χ3n) is 2.17. The van der Waals surface area contributed by atoms with Gasteiger partial charge < -0.3 is 9.47 Å². The molecule has 108 valence electrons. The Morgan fingerprint density at radius 3 is 2.85 bits per heavy atom. The van der Waals surface area contributed by atoms with Gasteiger partial charge in [0.25, 0.3) is 0 Å². The second-order valence-electron chi connectivity index (χ2n) is 3.67. The number of methoxy groups -OCH3 is 1. The average molecular weight is 306 g/mol. The molecule has 5 nitrogen and oxygen atoms in total. The Kier molecular flexibility index (Phi) is 3.98. The normalized spacial score (nSPS) is 11.4. The van der Waals surface area contributed by atoms with Crippen LogP contribution in [0.2, 0.25) is 0 Å². The van der Waals surface area contributed by atoms with E-state index in [1.165, 1.54) is 7.11 Å². The highest BCUT2D eigenvalue weighted by molar-refractivity contribution is 7.22. The summed E-state index contributed by atoms with van der Waals surface area (Å²) in [5, 5.41) is 2.30. The van der Waals surface area contributed by atoms with E-state index in [0.717, 1.165) is 16.0 Å². The van der Waals surface area contributed by atoms with Gasteiger partial charge in [-0.25, -0.2) is 9.78 Å². The zero-order valence-corrected chi connectivity index (χ0v) is 11.0. The highest BCUT2D eigenvalue weighted by atomic mass is 32.1. The minimum absolute atomic E-state index is 0.153. The van der Waals surface area contributed by atoms with Crippen LogP contribution in [0.3, 0.4) is 0 Å². The summed E-state index contributed by atoms with van der Waals surface area (Å²) in [5.41, 5.74) is 0.599. The lowest BCUT2D eigenvalue weighted by molar-refractivity contribution is -0.159. The maximum atomic E-state index is 11.9. The van der Waals surface area contributed by atoms with Crippen LogP contribution in [0.25, 0.3) is 10.2 Å². The molecule has 0 bridgehead atoms. The quantitative estimate of drug-likeness (QED) is 0.944. The first-order valence-corrected chi connectivity index (χ1v) is 6.14. The number of fused-ring (bicyclic) bond motifs is 1. The summed E-state index contributed by atoms with van der Waals surface area (Å²) in [6.45, 7) is -1.64. The van der Waals surface area contributed by atoms with Gasteiger partial charge in [0.15, 0.2) is 11.7 Å². The molecule has 0 aliphatic heterocycles. The van der Waals surface area contributed by atoms with E-state index >= 15 is 0 Å². The molecule has 9 heteroatoms. The Hall–Kier alpha value is -2.03. The van der Waals surface area contributed by atoms with Crippen molar-refractivity contribution in [2.45, 2.75) is 6.18 Å². The van der Waals surface area contributed by atoms with Gasteiger partial charge in [-0.3, -0.25) is 5.32 Å². The number of carbonyl (C=O) groups is 1. The number of aromatic nitrogens is 1. The van der Waals surface area contributed by atoms with Crippen LogP contribution in [0.15, 0.2) is 18.2 Å². The number of alkyl halides is 3. The molecule has 0 radical (unpaired) electrons. The molecule has 0 unspecified atom stereocenters. The smallest absolute Gasteiger partial charge is 0.422 e. The number of carbonyl (C=O) groups excluding carboxylic acids is 1. The summed E-state index contributed by atoms with van der Waals surface area (Å²) in [6.07, 6.45) is -5.76. The molecule has 1 amide bonds. The molecule has 2 aromatic rings. The standard InChI is InChI=1S/C11H9F3N2O3S/c1-18-6-2-3-7-8(4-6)20-9(15-7)16-10(17)19-5-11(12,13)14/h2-4H,5H2,1H3,(H,15,16,17). The lowest BCUT2D eigenvalue weighted by Gasteiger charge is -2.07. The van der Waals surface area contributed by atoms with E-state index < -0.39 is 18.9 Å². The molecule has 0 spiro atoms. The van der Waals surface area contributed by atoms with Crippen molar-refractivity contribution < 1.29 is 27.4 Å². The lowest BCUT2D eigenvalue weighted by Crippen LogP contribution is -2.23. The van der Waals surface area contributed by atoms with E-state index in [0.29, 0.717) is 11.3 Å². The van der Waals surface area contributed by atoms with Crippen molar-refractivity contribution in [3.05, 3.63) is 18.2 Å². The first kappa shape index (κ1) is 14.4. The Bertz CT molecular complexity index is 627. The fourth-order valence-corrected chi connectivity index (χ4v) is 2.24. The third-order valence-corrected chi connectivity index (χ3v) is 3.11. The second-order valence-corrected chi connectivity index (χ2v) is 4.70. The molecule has 0 atom stereocenters. The number of amides is 1. The first-order valence-electron chi connectivity index (χ1n) is 5.32. The Morgan fingerprint density at radius 1 is 1.45 bits per heavy atom. The van der Waals surface area contributed by atoms with E-state index in [4.69, 9.17) is 4.74 Å². The highest BCUT2D eigenvalue weighted by Gasteiger charge is 2.29. The summed E-state index contributed by atoms with van der Waals surface area (Å²) >= 11 is 1.10. The van der Waals surface area contributed by atoms with Gasteiger partial charge in [0.05, 0.1) is 17.3 Å². The Balaban J connectivity index is 2.04. The summed E-state index contributed by atoms with van der Waals surface area (Å²) in [5.74, 6) is 0.618. The van der Waals surface area contributed by atoms with Crippen molar-refractivity contribution in [1.82, 2.24) is 4.98 Å².